The summed E-state index contributed by atoms with van der Waals surface area (Å²) in [5.74, 6) is 0.788. The second-order valence-electron chi connectivity index (χ2n) is 4.39. The molecule has 0 aromatic carbocycles. The van der Waals surface area contributed by atoms with Gasteiger partial charge in [-0.1, -0.05) is 11.8 Å². The van der Waals surface area contributed by atoms with Gasteiger partial charge < -0.3 is 9.80 Å². The van der Waals surface area contributed by atoms with E-state index in [1.807, 2.05) is 12.4 Å². The zero-order valence-corrected chi connectivity index (χ0v) is 11.1. The molecule has 0 spiro atoms. The Balaban J connectivity index is 2.42. The highest BCUT2D eigenvalue weighted by molar-refractivity contribution is 8.13. The molecule has 0 aromatic rings. The fourth-order valence-corrected chi connectivity index (χ4v) is 2.68. The fraction of sp³-hybridized carbons (Fsp3) is 0.818. The number of nitrogens with zero attached hydrogens (tertiary/aromatic N) is 4. The van der Waals surface area contributed by atoms with Gasteiger partial charge in [-0.05, 0) is 39.1 Å². The van der Waals surface area contributed by atoms with Gasteiger partial charge in [0, 0.05) is 19.6 Å². The molecule has 1 aliphatic heterocycles. The Hall–Kier alpha value is -0.730. The largest absolute Gasteiger partial charge is 0.351 e. The zero-order valence-electron chi connectivity index (χ0n) is 10.3. The molecule has 16 heavy (non-hydrogen) atoms. The molecular weight excluding hydrogens is 220 g/mol. The standard InChI is InChI=1S/C11H20N4S/c1-14(2)8-10-4-6-15(7-5-10)11(16-3)13-9-12/h10H,4-8H2,1-3H3. The summed E-state index contributed by atoms with van der Waals surface area (Å²) in [7, 11) is 4.24. The minimum Gasteiger partial charge on any atom is -0.351 e. The van der Waals surface area contributed by atoms with Gasteiger partial charge in [0.05, 0.1) is 0 Å². The van der Waals surface area contributed by atoms with Crippen LogP contribution in [0.1, 0.15) is 12.8 Å². The molecule has 90 valence electrons. The molecule has 0 aliphatic carbocycles. The average Bonchev–Trinajstić information content (AvgIpc) is 2.26. The lowest BCUT2D eigenvalue weighted by atomic mass is 9.97. The molecule has 0 aromatic heterocycles. The third-order valence-electron chi connectivity index (χ3n) is 2.84. The number of aliphatic imine (C=N–C) groups is 1. The highest BCUT2D eigenvalue weighted by atomic mass is 32.2. The molecule has 0 saturated carbocycles. The van der Waals surface area contributed by atoms with Crippen LogP contribution in [0.4, 0.5) is 0 Å². The Morgan fingerprint density at radius 3 is 2.56 bits per heavy atom. The lowest BCUT2D eigenvalue weighted by Gasteiger charge is -2.34. The van der Waals surface area contributed by atoms with Gasteiger partial charge in [0.25, 0.3) is 0 Å². The first-order chi connectivity index (χ1) is 7.67. The molecule has 0 bridgehead atoms. The summed E-state index contributed by atoms with van der Waals surface area (Å²) < 4.78 is 0. The van der Waals surface area contributed by atoms with Crippen LogP contribution >= 0.6 is 11.8 Å². The number of likely N-dealkylation sites (tertiary alicyclic amines) is 1. The van der Waals surface area contributed by atoms with Gasteiger partial charge in [-0.3, -0.25) is 0 Å². The van der Waals surface area contributed by atoms with Crippen molar-refractivity contribution in [2.24, 2.45) is 10.9 Å². The third-order valence-corrected chi connectivity index (χ3v) is 3.55. The maximum absolute atomic E-state index is 8.59. The van der Waals surface area contributed by atoms with E-state index in [1.165, 1.54) is 12.8 Å². The predicted octanol–water partition coefficient (Wildman–Crippen LogP) is 1.46. The normalized spacial score (nSPS) is 18.9. The molecule has 1 rings (SSSR count). The number of hydrogen-bond acceptors (Lipinski definition) is 4. The van der Waals surface area contributed by atoms with Crippen LogP contribution in [0.25, 0.3) is 0 Å². The van der Waals surface area contributed by atoms with E-state index < -0.39 is 0 Å². The molecule has 0 amide bonds. The number of rotatable bonds is 2. The lowest BCUT2D eigenvalue weighted by molar-refractivity contribution is 0.221. The Kier molecular flexibility index (Phi) is 5.64. The van der Waals surface area contributed by atoms with Crippen LogP contribution in [0.2, 0.25) is 0 Å². The van der Waals surface area contributed by atoms with Crippen molar-refractivity contribution in [1.29, 1.82) is 5.26 Å². The number of amidine groups is 1. The lowest BCUT2D eigenvalue weighted by Crippen LogP contribution is -2.39. The summed E-state index contributed by atoms with van der Waals surface area (Å²) in [5.41, 5.74) is 0. The van der Waals surface area contributed by atoms with Gasteiger partial charge in [0.15, 0.2) is 5.17 Å². The Labute approximate surface area is 102 Å². The minimum atomic E-state index is 0.788. The summed E-state index contributed by atoms with van der Waals surface area (Å²) in [6.07, 6.45) is 6.25. The Morgan fingerprint density at radius 1 is 1.50 bits per heavy atom. The zero-order chi connectivity index (χ0) is 12.0. The predicted molar refractivity (Wildman–Crippen MR) is 69.4 cm³/mol. The number of hydrogen-bond donors (Lipinski definition) is 0. The molecular formula is C11H20N4S. The van der Waals surface area contributed by atoms with Crippen molar-refractivity contribution < 1.29 is 0 Å². The molecule has 4 nitrogen and oxygen atoms in total. The van der Waals surface area contributed by atoms with E-state index in [4.69, 9.17) is 5.26 Å². The average molecular weight is 240 g/mol. The maximum Gasteiger partial charge on any atom is 0.208 e. The van der Waals surface area contributed by atoms with E-state index in [-0.39, 0.29) is 0 Å². The van der Waals surface area contributed by atoms with Crippen LogP contribution in [0.5, 0.6) is 0 Å². The number of thioether (sulfide) groups is 1. The van der Waals surface area contributed by atoms with Crippen molar-refractivity contribution >= 4 is 16.9 Å². The van der Waals surface area contributed by atoms with Crippen LogP contribution in [0.15, 0.2) is 4.99 Å². The van der Waals surface area contributed by atoms with E-state index in [0.29, 0.717) is 0 Å². The van der Waals surface area contributed by atoms with Crippen molar-refractivity contribution in [3.63, 3.8) is 0 Å². The smallest absolute Gasteiger partial charge is 0.208 e. The van der Waals surface area contributed by atoms with E-state index in [1.54, 1.807) is 11.8 Å². The molecule has 1 saturated heterocycles. The SMILES string of the molecule is CSC(=NC#N)N1CCC(CN(C)C)CC1. The minimum absolute atomic E-state index is 0.788. The second-order valence-corrected chi connectivity index (χ2v) is 5.16. The van der Waals surface area contributed by atoms with Gasteiger partial charge >= 0.3 is 0 Å². The van der Waals surface area contributed by atoms with Crippen LogP contribution < -0.4 is 0 Å². The molecule has 1 fully saturated rings. The molecule has 5 heteroatoms. The molecule has 0 atom stereocenters. The van der Waals surface area contributed by atoms with Crippen molar-refractivity contribution in [1.82, 2.24) is 9.80 Å². The summed E-state index contributed by atoms with van der Waals surface area (Å²) in [4.78, 5) is 8.32. The van der Waals surface area contributed by atoms with Gasteiger partial charge in [0.2, 0.25) is 6.19 Å². The summed E-state index contributed by atoms with van der Waals surface area (Å²) in [6.45, 7) is 3.22. The van der Waals surface area contributed by atoms with E-state index in [2.05, 4.69) is 28.9 Å². The fourth-order valence-electron chi connectivity index (χ4n) is 2.11. The molecule has 1 aliphatic rings. The van der Waals surface area contributed by atoms with Crippen molar-refractivity contribution in [3.05, 3.63) is 0 Å². The maximum atomic E-state index is 8.59. The second kappa shape index (κ2) is 6.77. The molecule has 0 N–H and O–H groups in total. The van der Waals surface area contributed by atoms with Gasteiger partial charge in [-0.2, -0.15) is 5.26 Å². The summed E-state index contributed by atoms with van der Waals surface area (Å²) >= 11 is 1.56. The van der Waals surface area contributed by atoms with Gasteiger partial charge in [-0.15, -0.1) is 4.99 Å². The van der Waals surface area contributed by atoms with Crippen molar-refractivity contribution in [3.8, 4) is 6.19 Å². The van der Waals surface area contributed by atoms with Crippen LogP contribution in [0, 0.1) is 17.4 Å². The first kappa shape index (κ1) is 13.3. The number of nitriles is 1. The summed E-state index contributed by atoms with van der Waals surface area (Å²) in [6, 6.07) is 0. The van der Waals surface area contributed by atoms with Gasteiger partial charge in [-0.25, -0.2) is 0 Å². The molecule has 1 heterocycles. The Bertz CT molecular complexity index is 274. The quantitative estimate of drug-likeness (QED) is 0.416. The van der Waals surface area contributed by atoms with E-state index in [9.17, 15) is 0 Å². The monoisotopic (exact) mass is 240 g/mol. The molecule has 0 radical (unpaired) electrons. The van der Waals surface area contributed by atoms with Crippen LogP contribution in [0.3, 0.4) is 0 Å². The first-order valence-corrected chi connectivity index (χ1v) is 6.80. The van der Waals surface area contributed by atoms with Crippen LogP contribution in [-0.4, -0.2) is 55.0 Å². The summed E-state index contributed by atoms with van der Waals surface area (Å²) in [5, 5.41) is 9.45. The number of piperidine rings is 1. The van der Waals surface area contributed by atoms with E-state index >= 15 is 0 Å². The third kappa shape index (κ3) is 4.03. The molecule has 0 unspecified atom stereocenters. The Morgan fingerprint density at radius 2 is 2.12 bits per heavy atom. The highest BCUT2D eigenvalue weighted by Crippen LogP contribution is 2.20. The van der Waals surface area contributed by atoms with Gasteiger partial charge in [0.1, 0.15) is 0 Å². The van der Waals surface area contributed by atoms with Crippen molar-refractivity contribution in [2.45, 2.75) is 12.8 Å². The topological polar surface area (TPSA) is 42.6 Å². The highest BCUT2D eigenvalue weighted by Gasteiger charge is 2.21. The van der Waals surface area contributed by atoms with E-state index in [0.717, 1.165) is 30.7 Å². The van der Waals surface area contributed by atoms with Crippen molar-refractivity contribution in [2.75, 3.05) is 40.0 Å². The van der Waals surface area contributed by atoms with Crippen LogP contribution in [-0.2, 0) is 0 Å². The first-order valence-electron chi connectivity index (χ1n) is 5.57.